The molecule has 2 aromatic carbocycles. The maximum absolute atomic E-state index is 13.9. The molecule has 5 heteroatoms. The van der Waals surface area contributed by atoms with Gasteiger partial charge in [-0.25, -0.2) is 4.39 Å². The largest absolute Gasteiger partial charge is 0.493 e. The summed E-state index contributed by atoms with van der Waals surface area (Å²) in [5.74, 6) is 0.547. The minimum Gasteiger partial charge on any atom is -0.493 e. The molecule has 0 amide bonds. The molecule has 0 radical (unpaired) electrons. The average molecular weight is 467 g/mol. The van der Waals surface area contributed by atoms with Crippen molar-refractivity contribution in [3.8, 4) is 5.75 Å². The molecule has 0 saturated heterocycles. The van der Waals surface area contributed by atoms with E-state index in [1.54, 1.807) is 12.1 Å². The molecule has 0 N–H and O–H groups in total. The van der Waals surface area contributed by atoms with Crippen LogP contribution in [0, 0.1) is 5.82 Å². The highest BCUT2D eigenvalue weighted by atomic mass is 79.9. The minimum absolute atomic E-state index is 0.216. The Labute approximate surface area is 142 Å². The van der Waals surface area contributed by atoms with Gasteiger partial charge in [-0.15, -0.1) is 0 Å². The van der Waals surface area contributed by atoms with Gasteiger partial charge in [0.05, 0.1) is 15.9 Å². The summed E-state index contributed by atoms with van der Waals surface area (Å²) in [5, 5.41) is 0. The highest BCUT2D eigenvalue weighted by molar-refractivity contribution is 9.11. The molecule has 0 heterocycles. The summed E-state index contributed by atoms with van der Waals surface area (Å²) in [6.07, 6.45) is 0. The standard InChI is InChI=1S/C15H12Br3FO/c1-2-20-14-6-3-9(7-12(14)17)15(18)11-8-10(16)4-5-13(11)19/h3-8,15H,2H2,1H3. The predicted molar refractivity (Wildman–Crippen MR) is 90.2 cm³/mol. The summed E-state index contributed by atoms with van der Waals surface area (Å²) in [6, 6.07) is 10.7. The summed E-state index contributed by atoms with van der Waals surface area (Å²) >= 11 is 10.4. The third-order valence-electron chi connectivity index (χ3n) is 2.78. The van der Waals surface area contributed by atoms with E-state index in [0.29, 0.717) is 12.2 Å². The Morgan fingerprint density at radius 3 is 2.55 bits per heavy atom. The summed E-state index contributed by atoms with van der Waals surface area (Å²) in [5.41, 5.74) is 1.55. The Morgan fingerprint density at radius 1 is 1.15 bits per heavy atom. The molecule has 0 fully saturated rings. The van der Waals surface area contributed by atoms with Gasteiger partial charge < -0.3 is 4.74 Å². The van der Waals surface area contributed by atoms with Crippen LogP contribution in [0.25, 0.3) is 0 Å². The third kappa shape index (κ3) is 3.62. The minimum atomic E-state index is -0.236. The quantitative estimate of drug-likeness (QED) is 0.485. The van der Waals surface area contributed by atoms with Gasteiger partial charge in [-0.05, 0) is 58.7 Å². The number of rotatable bonds is 4. The number of benzene rings is 2. The smallest absolute Gasteiger partial charge is 0.133 e. The first kappa shape index (κ1) is 16.0. The molecule has 0 aliphatic carbocycles. The first-order chi connectivity index (χ1) is 9.52. The second kappa shape index (κ2) is 7.05. The molecule has 20 heavy (non-hydrogen) atoms. The Bertz CT molecular complexity index is 616. The average Bonchev–Trinajstić information content (AvgIpc) is 2.43. The van der Waals surface area contributed by atoms with Gasteiger partial charge in [0.2, 0.25) is 0 Å². The van der Waals surface area contributed by atoms with Gasteiger partial charge in [-0.3, -0.25) is 0 Å². The van der Waals surface area contributed by atoms with Gasteiger partial charge in [-0.1, -0.05) is 37.9 Å². The van der Waals surface area contributed by atoms with E-state index < -0.39 is 0 Å². The van der Waals surface area contributed by atoms with Crippen molar-refractivity contribution in [1.29, 1.82) is 0 Å². The molecule has 1 atom stereocenters. The van der Waals surface area contributed by atoms with E-state index >= 15 is 0 Å². The molecule has 2 rings (SSSR count). The number of alkyl halides is 1. The van der Waals surface area contributed by atoms with Crippen LogP contribution in [0.1, 0.15) is 22.9 Å². The monoisotopic (exact) mass is 464 g/mol. The number of ether oxygens (including phenoxy) is 1. The van der Waals surface area contributed by atoms with Crippen molar-refractivity contribution >= 4 is 47.8 Å². The van der Waals surface area contributed by atoms with Gasteiger partial charge in [0.15, 0.2) is 0 Å². The molecule has 0 aliphatic heterocycles. The Hall–Kier alpha value is -0.390. The maximum atomic E-state index is 13.9. The van der Waals surface area contributed by atoms with Gasteiger partial charge in [-0.2, -0.15) is 0 Å². The van der Waals surface area contributed by atoms with Crippen LogP contribution in [0.15, 0.2) is 45.3 Å². The summed E-state index contributed by atoms with van der Waals surface area (Å²) in [7, 11) is 0. The molecular formula is C15H12Br3FO. The molecular weight excluding hydrogens is 455 g/mol. The second-order valence-electron chi connectivity index (χ2n) is 4.15. The fraction of sp³-hybridized carbons (Fsp3) is 0.200. The van der Waals surface area contributed by atoms with Crippen LogP contribution in [0.4, 0.5) is 4.39 Å². The number of hydrogen-bond donors (Lipinski definition) is 0. The third-order valence-corrected chi connectivity index (χ3v) is 4.91. The van der Waals surface area contributed by atoms with Gasteiger partial charge in [0.25, 0.3) is 0 Å². The van der Waals surface area contributed by atoms with Crippen molar-refractivity contribution in [3.05, 3.63) is 62.3 Å². The van der Waals surface area contributed by atoms with Crippen LogP contribution < -0.4 is 4.74 Å². The van der Waals surface area contributed by atoms with E-state index in [1.807, 2.05) is 25.1 Å². The molecule has 0 aliphatic rings. The van der Waals surface area contributed by atoms with Crippen molar-refractivity contribution in [2.75, 3.05) is 6.61 Å². The second-order valence-corrected chi connectivity index (χ2v) is 6.84. The topological polar surface area (TPSA) is 9.23 Å². The molecule has 0 bridgehead atoms. The maximum Gasteiger partial charge on any atom is 0.133 e. The van der Waals surface area contributed by atoms with Crippen LogP contribution >= 0.6 is 47.8 Å². The summed E-state index contributed by atoms with van der Waals surface area (Å²) in [4.78, 5) is -0.216. The van der Waals surface area contributed by atoms with E-state index in [1.165, 1.54) is 6.07 Å². The lowest BCUT2D eigenvalue weighted by Gasteiger charge is -2.14. The first-order valence-electron chi connectivity index (χ1n) is 6.04. The molecule has 106 valence electrons. The Kier molecular flexibility index (Phi) is 5.64. The zero-order valence-electron chi connectivity index (χ0n) is 10.7. The Morgan fingerprint density at radius 2 is 1.90 bits per heavy atom. The molecule has 1 unspecified atom stereocenters. The molecule has 2 aromatic rings. The van der Waals surface area contributed by atoms with Crippen LogP contribution in [-0.4, -0.2) is 6.61 Å². The van der Waals surface area contributed by atoms with Crippen LogP contribution in [0.2, 0.25) is 0 Å². The number of hydrogen-bond acceptors (Lipinski definition) is 1. The van der Waals surface area contributed by atoms with Gasteiger partial charge >= 0.3 is 0 Å². The van der Waals surface area contributed by atoms with Crippen molar-refractivity contribution in [3.63, 3.8) is 0 Å². The van der Waals surface area contributed by atoms with E-state index in [-0.39, 0.29) is 10.6 Å². The molecule has 0 spiro atoms. The predicted octanol–water partition coefficient (Wildman–Crippen LogP) is 6.23. The lowest BCUT2D eigenvalue weighted by Crippen LogP contribution is -1.98. The fourth-order valence-corrected chi connectivity index (χ4v) is 3.36. The number of halogens is 4. The zero-order valence-corrected chi connectivity index (χ0v) is 15.4. The molecule has 0 saturated carbocycles. The Balaban J connectivity index is 2.35. The normalized spacial score (nSPS) is 12.2. The highest BCUT2D eigenvalue weighted by Gasteiger charge is 2.16. The van der Waals surface area contributed by atoms with E-state index in [0.717, 1.165) is 20.3 Å². The van der Waals surface area contributed by atoms with Crippen molar-refractivity contribution in [2.45, 2.75) is 11.8 Å². The highest BCUT2D eigenvalue weighted by Crippen LogP contribution is 2.37. The SMILES string of the molecule is CCOc1ccc(C(Br)c2cc(Br)ccc2F)cc1Br. The van der Waals surface area contributed by atoms with Crippen LogP contribution in [-0.2, 0) is 0 Å². The fourth-order valence-electron chi connectivity index (χ4n) is 1.84. The van der Waals surface area contributed by atoms with Crippen LogP contribution in [0.5, 0.6) is 5.75 Å². The van der Waals surface area contributed by atoms with E-state index in [9.17, 15) is 4.39 Å². The first-order valence-corrected chi connectivity index (χ1v) is 8.54. The van der Waals surface area contributed by atoms with Crippen molar-refractivity contribution in [2.24, 2.45) is 0 Å². The summed E-state index contributed by atoms with van der Waals surface area (Å²) in [6.45, 7) is 2.54. The zero-order chi connectivity index (χ0) is 14.7. The lowest BCUT2D eigenvalue weighted by molar-refractivity contribution is 0.338. The van der Waals surface area contributed by atoms with Crippen LogP contribution in [0.3, 0.4) is 0 Å². The van der Waals surface area contributed by atoms with Crippen molar-refractivity contribution in [1.82, 2.24) is 0 Å². The summed E-state index contributed by atoms with van der Waals surface area (Å²) < 4.78 is 21.1. The molecule has 1 nitrogen and oxygen atoms in total. The van der Waals surface area contributed by atoms with E-state index in [4.69, 9.17) is 4.74 Å². The lowest BCUT2D eigenvalue weighted by atomic mass is 10.0. The van der Waals surface area contributed by atoms with Crippen molar-refractivity contribution < 1.29 is 9.13 Å². The van der Waals surface area contributed by atoms with E-state index in [2.05, 4.69) is 47.8 Å². The molecule has 0 aromatic heterocycles. The van der Waals surface area contributed by atoms with Gasteiger partial charge in [0, 0.05) is 10.0 Å². The van der Waals surface area contributed by atoms with Gasteiger partial charge in [0.1, 0.15) is 11.6 Å².